The van der Waals surface area contributed by atoms with Gasteiger partial charge in [0.25, 0.3) is 0 Å². The zero-order chi connectivity index (χ0) is 33.9. The fourth-order valence-electron chi connectivity index (χ4n) is 8.63. The van der Waals surface area contributed by atoms with Crippen LogP contribution in [0.4, 0.5) is 0 Å². The minimum atomic E-state index is -2.24. The summed E-state index contributed by atoms with van der Waals surface area (Å²) in [6, 6.07) is 33.2. The van der Waals surface area contributed by atoms with E-state index in [4.69, 9.17) is 0 Å². The maximum absolute atomic E-state index is 2.72. The van der Waals surface area contributed by atoms with Gasteiger partial charge in [0.05, 0.1) is 0 Å². The average molecular weight is 729 g/mol. The predicted molar refractivity (Wildman–Crippen MR) is 211 cm³/mol. The van der Waals surface area contributed by atoms with Gasteiger partial charge in [-0.15, -0.1) is 0 Å². The van der Waals surface area contributed by atoms with Crippen molar-refractivity contribution in [2.45, 2.75) is 100 Å². The number of hydrogen-bond donors (Lipinski definition) is 0. The molecule has 2 aliphatic carbocycles. The first-order valence-electron chi connectivity index (χ1n) is 19.0. The molecule has 0 nitrogen and oxygen atoms in total. The van der Waals surface area contributed by atoms with Crippen molar-refractivity contribution in [2.24, 2.45) is 11.8 Å². The van der Waals surface area contributed by atoms with Crippen molar-refractivity contribution in [1.29, 1.82) is 0 Å². The molecule has 0 bridgehead atoms. The Balaban J connectivity index is 1.51. The summed E-state index contributed by atoms with van der Waals surface area (Å²) in [4.78, 5) is 0. The minimum absolute atomic E-state index is 0.554. The fourth-order valence-corrected chi connectivity index (χ4v) is 32.0. The molecular weight excluding hydrogens is 672 g/mol. The van der Waals surface area contributed by atoms with E-state index in [0.717, 1.165) is 12.8 Å². The van der Waals surface area contributed by atoms with Crippen LogP contribution in [0.3, 0.4) is 0 Å². The first-order valence-corrected chi connectivity index (χ1v) is 29.0. The Bertz CT molecular complexity index is 1680. The maximum atomic E-state index is 2.72. The topological polar surface area (TPSA) is 0 Å². The van der Waals surface area contributed by atoms with Crippen molar-refractivity contribution >= 4 is 18.1 Å². The Labute approximate surface area is 301 Å². The van der Waals surface area contributed by atoms with Crippen molar-refractivity contribution < 1.29 is 20.9 Å². The predicted octanol–water partition coefficient (Wildman–Crippen LogP) is 13.2. The van der Waals surface area contributed by atoms with Crippen LogP contribution >= 0.6 is 0 Å². The summed E-state index contributed by atoms with van der Waals surface area (Å²) in [6.45, 7) is 19.9. The van der Waals surface area contributed by atoms with Crippen LogP contribution in [0.25, 0.3) is 34.4 Å². The first-order chi connectivity index (χ1) is 23.3. The van der Waals surface area contributed by atoms with Gasteiger partial charge in [0.2, 0.25) is 0 Å². The summed E-state index contributed by atoms with van der Waals surface area (Å²) < 4.78 is 1.30. The number of allylic oxidation sites excluding steroid dienone is 2. The van der Waals surface area contributed by atoms with E-state index >= 15 is 0 Å². The molecule has 0 radical (unpaired) electrons. The quantitative estimate of drug-likeness (QED) is 0.120. The molecule has 0 aromatic heterocycles. The van der Waals surface area contributed by atoms with Gasteiger partial charge in [-0.2, -0.15) is 0 Å². The van der Waals surface area contributed by atoms with Crippen molar-refractivity contribution in [2.75, 3.05) is 0 Å². The summed E-state index contributed by atoms with van der Waals surface area (Å²) in [7, 11) is 0. The monoisotopic (exact) mass is 727 g/mol. The van der Waals surface area contributed by atoms with Crippen LogP contribution < -0.4 is 0 Å². The molecule has 2 atom stereocenters. The summed E-state index contributed by atoms with van der Waals surface area (Å²) in [5.41, 5.74) is 18.7. The third-order valence-corrected chi connectivity index (χ3v) is 32.6. The van der Waals surface area contributed by atoms with Crippen LogP contribution in [0.1, 0.15) is 108 Å². The standard InChI is InChI=1S/2C22H25.C2H7Si.Zr/c2*1-4-5-9-17-10-6-7-12-20(17)21-13-8-11-18-14-19(16(2)3)15-22(18)21;1-3-2;/h2*6-8,10-16H,4-5,9H2,1-3H3;3H,1-2H3;. The Kier molecular flexibility index (Phi) is 11.4. The van der Waals surface area contributed by atoms with Crippen LogP contribution in [0.5, 0.6) is 0 Å². The van der Waals surface area contributed by atoms with E-state index < -0.39 is 26.8 Å². The van der Waals surface area contributed by atoms with E-state index in [1.54, 1.807) is 22.3 Å². The SMILES string of the molecule is CCCCc1ccccc1-c1cccc2c1C=C(C(C)C)[CH]2[Zr]([CH]1C(C(C)C)=Cc2c(-c3ccccc3CCCC)cccc21)[SiH](C)C. The van der Waals surface area contributed by atoms with Gasteiger partial charge in [-0.25, -0.2) is 0 Å². The zero-order valence-corrected chi connectivity index (χ0v) is 34.5. The van der Waals surface area contributed by atoms with Gasteiger partial charge in [-0.05, 0) is 0 Å². The number of aryl methyl sites for hydroxylation is 2. The van der Waals surface area contributed by atoms with Gasteiger partial charge >= 0.3 is 303 Å². The third-order valence-electron chi connectivity index (χ3n) is 11.1. The third kappa shape index (κ3) is 6.79. The number of rotatable bonds is 13. The van der Waals surface area contributed by atoms with Crippen LogP contribution in [0, 0.1) is 11.8 Å². The number of benzene rings is 4. The molecular formula is C46H57SiZr. The van der Waals surface area contributed by atoms with E-state index in [1.807, 2.05) is 0 Å². The number of fused-ring (bicyclic) bond motifs is 2. The van der Waals surface area contributed by atoms with Crippen molar-refractivity contribution in [1.82, 2.24) is 0 Å². The van der Waals surface area contributed by atoms with Gasteiger partial charge < -0.3 is 0 Å². The summed E-state index contributed by atoms with van der Waals surface area (Å²) >= 11 is -2.24. The molecule has 0 fully saturated rings. The van der Waals surface area contributed by atoms with Crippen molar-refractivity contribution in [3.63, 3.8) is 0 Å². The van der Waals surface area contributed by atoms with E-state index in [2.05, 4.69) is 152 Å². The second kappa shape index (κ2) is 15.6. The van der Waals surface area contributed by atoms with Crippen LogP contribution in [0.2, 0.25) is 13.1 Å². The Morgan fingerprint density at radius 1 is 0.542 bits per heavy atom. The Morgan fingerprint density at radius 3 is 1.31 bits per heavy atom. The van der Waals surface area contributed by atoms with E-state index in [0.29, 0.717) is 19.1 Å². The molecule has 2 aliphatic rings. The van der Waals surface area contributed by atoms with Crippen molar-refractivity contribution in [3.8, 4) is 22.3 Å². The normalized spacial score (nSPS) is 16.8. The second-order valence-corrected chi connectivity index (χ2v) is 35.3. The van der Waals surface area contributed by atoms with Gasteiger partial charge in [0.1, 0.15) is 0 Å². The van der Waals surface area contributed by atoms with Gasteiger partial charge in [0.15, 0.2) is 0 Å². The Morgan fingerprint density at radius 2 is 0.938 bits per heavy atom. The van der Waals surface area contributed by atoms with Gasteiger partial charge in [-0.3, -0.25) is 0 Å². The molecule has 0 aliphatic heterocycles. The summed E-state index contributed by atoms with van der Waals surface area (Å²) in [6.07, 6.45) is 12.6. The molecule has 4 aromatic rings. The molecule has 4 aromatic carbocycles. The molecule has 48 heavy (non-hydrogen) atoms. The molecule has 0 heterocycles. The van der Waals surface area contributed by atoms with Crippen LogP contribution in [-0.2, 0) is 33.8 Å². The first kappa shape index (κ1) is 35.3. The molecule has 0 N–H and O–H groups in total. The Hall–Kier alpha value is -2.54. The molecule has 2 unspecified atom stereocenters. The second-order valence-electron chi connectivity index (χ2n) is 15.3. The molecule has 0 spiro atoms. The zero-order valence-electron chi connectivity index (χ0n) is 30.9. The van der Waals surface area contributed by atoms with Crippen LogP contribution in [0.15, 0.2) is 96.1 Å². The summed E-state index contributed by atoms with van der Waals surface area (Å²) in [5.74, 6) is 0.124. The molecule has 0 amide bonds. The summed E-state index contributed by atoms with van der Waals surface area (Å²) in [5, 5.41) is 0. The van der Waals surface area contributed by atoms with E-state index in [-0.39, 0.29) is 0 Å². The van der Waals surface area contributed by atoms with E-state index in [1.165, 1.54) is 70.2 Å². The average Bonchev–Trinajstić information content (AvgIpc) is 3.67. The van der Waals surface area contributed by atoms with Gasteiger partial charge in [-0.1, -0.05) is 0 Å². The molecule has 249 valence electrons. The number of unbranched alkanes of at least 4 members (excludes halogenated alkanes) is 2. The molecule has 0 saturated carbocycles. The van der Waals surface area contributed by atoms with Crippen molar-refractivity contribution in [3.05, 3.63) is 129 Å². The van der Waals surface area contributed by atoms with Gasteiger partial charge in [0, 0.05) is 0 Å². The molecule has 0 saturated heterocycles. The number of hydrogen-bond acceptors (Lipinski definition) is 0. The van der Waals surface area contributed by atoms with Crippen LogP contribution in [-0.4, -0.2) is 5.92 Å². The molecule has 6 rings (SSSR count). The molecule has 2 heteroatoms. The van der Waals surface area contributed by atoms with E-state index in [9.17, 15) is 0 Å². The fraction of sp³-hybridized carbons (Fsp3) is 0.391.